The summed E-state index contributed by atoms with van der Waals surface area (Å²) < 4.78 is 5.36. The van der Waals surface area contributed by atoms with E-state index in [0.717, 1.165) is 19.4 Å². The normalized spacial score (nSPS) is 30.2. The number of hydrogen-bond acceptors (Lipinski definition) is 3. The van der Waals surface area contributed by atoms with E-state index in [1.807, 2.05) is 6.92 Å². The van der Waals surface area contributed by atoms with Gasteiger partial charge in [-0.25, -0.2) is 0 Å². The number of hydrogen-bond donors (Lipinski definition) is 2. The predicted molar refractivity (Wildman–Crippen MR) is 57.4 cm³/mol. The first-order valence-electron chi connectivity index (χ1n) is 5.66. The summed E-state index contributed by atoms with van der Waals surface area (Å²) >= 11 is 0. The zero-order valence-corrected chi connectivity index (χ0v) is 9.33. The summed E-state index contributed by atoms with van der Waals surface area (Å²) in [7, 11) is 1.79. The van der Waals surface area contributed by atoms with Crippen LogP contribution in [0.3, 0.4) is 0 Å². The summed E-state index contributed by atoms with van der Waals surface area (Å²) in [5.41, 5.74) is 0. The van der Waals surface area contributed by atoms with Crippen LogP contribution in [0.4, 0.5) is 0 Å². The van der Waals surface area contributed by atoms with Crippen LogP contribution in [-0.4, -0.2) is 37.0 Å². The third kappa shape index (κ3) is 4.40. The van der Waals surface area contributed by atoms with Gasteiger partial charge in [-0.3, -0.25) is 0 Å². The Morgan fingerprint density at radius 3 is 2.93 bits per heavy atom. The molecule has 0 bridgehead atoms. The molecule has 3 heteroatoms. The molecule has 2 N–H and O–H groups in total. The Labute approximate surface area is 86.8 Å². The first kappa shape index (κ1) is 12.0. The van der Waals surface area contributed by atoms with Crippen LogP contribution < -0.4 is 5.32 Å². The maximum absolute atomic E-state index is 9.12. The standard InChI is InChI=1S/C11H23NO2/c1-9(13)6-7-12-10-4-3-5-11(8-10)14-2/h9-13H,3-8H2,1-2H3. The molecule has 0 aromatic heterocycles. The van der Waals surface area contributed by atoms with E-state index in [9.17, 15) is 0 Å². The van der Waals surface area contributed by atoms with Crippen molar-refractivity contribution < 1.29 is 9.84 Å². The lowest BCUT2D eigenvalue weighted by molar-refractivity contribution is 0.0582. The molecule has 1 rings (SSSR count). The number of aliphatic hydroxyl groups is 1. The Morgan fingerprint density at radius 2 is 2.29 bits per heavy atom. The van der Waals surface area contributed by atoms with Gasteiger partial charge in [-0.1, -0.05) is 0 Å². The smallest absolute Gasteiger partial charge is 0.0586 e. The average Bonchev–Trinajstić information content (AvgIpc) is 2.18. The van der Waals surface area contributed by atoms with Crippen LogP contribution in [0.2, 0.25) is 0 Å². The van der Waals surface area contributed by atoms with Gasteiger partial charge in [0.2, 0.25) is 0 Å². The molecular formula is C11H23NO2. The van der Waals surface area contributed by atoms with E-state index in [0.29, 0.717) is 12.1 Å². The predicted octanol–water partition coefficient (Wildman–Crippen LogP) is 1.30. The molecule has 0 saturated heterocycles. The minimum Gasteiger partial charge on any atom is -0.393 e. The number of rotatable bonds is 5. The lowest BCUT2D eigenvalue weighted by atomic mass is 9.93. The minimum atomic E-state index is -0.190. The van der Waals surface area contributed by atoms with Crippen molar-refractivity contribution in [2.45, 2.75) is 57.3 Å². The molecule has 0 radical (unpaired) electrons. The Hall–Kier alpha value is -0.120. The topological polar surface area (TPSA) is 41.5 Å². The second kappa shape index (κ2) is 6.38. The van der Waals surface area contributed by atoms with Crippen LogP contribution >= 0.6 is 0 Å². The summed E-state index contributed by atoms with van der Waals surface area (Å²) in [5.74, 6) is 0. The van der Waals surface area contributed by atoms with Crippen LogP contribution in [-0.2, 0) is 4.74 Å². The second-order valence-corrected chi connectivity index (χ2v) is 4.31. The molecule has 0 aromatic carbocycles. The van der Waals surface area contributed by atoms with E-state index in [2.05, 4.69) is 5.32 Å². The SMILES string of the molecule is COC1CCCC(NCCC(C)O)C1. The van der Waals surface area contributed by atoms with Gasteiger partial charge in [-0.15, -0.1) is 0 Å². The zero-order valence-electron chi connectivity index (χ0n) is 9.33. The molecule has 3 atom stereocenters. The maximum atomic E-state index is 9.12. The zero-order chi connectivity index (χ0) is 10.4. The summed E-state index contributed by atoms with van der Waals surface area (Å²) in [6.07, 6.45) is 5.91. The fourth-order valence-corrected chi connectivity index (χ4v) is 2.04. The van der Waals surface area contributed by atoms with Gasteiger partial charge in [-0.2, -0.15) is 0 Å². The average molecular weight is 201 g/mol. The maximum Gasteiger partial charge on any atom is 0.0586 e. The molecule has 0 aliphatic heterocycles. The molecule has 1 aliphatic carbocycles. The number of methoxy groups -OCH3 is 1. The van der Waals surface area contributed by atoms with Crippen LogP contribution in [0.25, 0.3) is 0 Å². The van der Waals surface area contributed by atoms with Crippen LogP contribution in [0, 0.1) is 0 Å². The van der Waals surface area contributed by atoms with Gasteiger partial charge in [0.1, 0.15) is 0 Å². The van der Waals surface area contributed by atoms with Crippen molar-refractivity contribution in [3.05, 3.63) is 0 Å². The third-order valence-corrected chi connectivity index (χ3v) is 2.95. The largest absolute Gasteiger partial charge is 0.393 e. The van der Waals surface area contributed by atoms with Crippen molar-refractivity contribution in [1.29, 1.82) is 0 Å². The molecule has 0 heterocycles. The van der Waals surface area contributed by atoms with Gasteiger partial charge in [-0.05, 0) is 45.6 Å². The molecule has 0 aromatic rings. The van der Waals surface area contributed by atoms with Crippen molar-refractivity contribution >= 4 is 0 Å². The summed E-state index contributed by atoms with van der Waals surface area (Å²) in [4.78, 5) is 0. The van der Waals surface area contributed by atoms with Gasteiger partial charge in [0.15, 0.2) is 0 Å². The van der Waals surface area contributed by atoms with Gasteiger partial charge in [0.05, 0.1) is 12.2 Å². The van der Waals surface area contributed by atoms with Crippen molar-refractivity contribution in [2.24, 2.45) is 0 Å². The van der Waals surface area contributed by atoms with Crippen molar-refractivity contribution in [1.82, 2.24) is 5.32 Å². The Balaban J connectivity index is 2.11. The molecule has 1 aliphatic rings. The van der Waals surface area contributed by atoms with E-state index in [1.165, 1.54) is 19.3 Å². The molecule has 14 heavy (non-hydrogen) atoms. The fourth-order valence-electron chi connectivity index (χ4n) is 2.04. The van der Waals surface area contributed by atoms with E-state index in [-0.39, 0.29) is 6.10 Å². The van der Waals surface area contributed by atoms with E-state index >= 15 is 0 Å². The summed E-state index contributed by atoms with van der Waals surface area (Å²) in [5, 5.41) is 12.6. The van der Waals surface area contributed by atoms with Crippen molar-refractivity contribution in [2.75, 3.05) is 13.7 Å². The lowest BCUT2D eigenvalue weighted by Crippen LogP contribution is -2.37. The first-order valence-corrected chi connectivity index (χ1v) is 5.66. The van der Waals surface area contributed by atoms with Crippen LogP contribution in [0.15, 0.2) is 0 Å². The fraction of sp³-hybridized carbons (Fsp3) is 1.00. The number of ether oxygens (including phenoxy) is 1. The third-order valence-electron chi connectivity index (χ3n) is 2.95. The van der Waals surface area contributed by atoms with Crippen molar-refractivity contribution in [3.63, 3.8) is 0 Å². The first-order chi connectivity index (χ1) is 6.72. The molecule has 3 unspecified atom stereocenters. The van der Waals surface area contributed by atoms with Gasteiger partial charge >= 0.3 is 0 Å². The molecular weight excluding hydrogens is 178 g/mol. The summed E-state index contributed by atoms with van der Waals surface area (Å²) in [6, 6.07) is 0.590. The van der Waals surface area contributed by atoms with Crippen molar-refractivity contribution in [3.8, 4) is 0 Å². The highest BCUT2D eigenvalue weighted by Crippen LogP contribution is 2.20. The highest BCUT2D eigenvalue weighted by molar-refractivity contribution is 4.78. The monoisotopic (exact) mass is 201 g/mol. The van der Waals surface area contributed by atoms with Gasteiger partial charge in [0, 0.05) is 13.2 Å². The van der Waals surface area contributed by atoms with Gasteiger partial charge < -0.3 is 15.2 Å². The van der Waals surface area contributed by atoms with Gasteiger partial charge in [0.25, 0.3) is 0 Å². The minimum absolute atomic E-state index is 0.190. The second-order valence-electron chi connectivity index (χ2n) is 4.31. The van der Waals surface area contributed by atoms with E-state index in [4.69, 9.17) is 9.84 Å². The van der Waals surface area contributed by atoms with E-state index in [1.54, 1.807) is 7.11 Å². The van der Waals surface area contributed by atoms with E-state index < -0.39 is 0 Å². The molecule has 1 fully saturated rings. The number of nitrogens with one attached hydrogen (secondary N) is 1. The Bertz CT molecular complexity index is 150. The quantitative estimate of drug-likeness (QED) is 0.704. The number of aliphatic hydroxyl groups excluding tert-OH is 1. The highest BCUT2D eigenvalue weighted by atomic mass is 16.5. The molecule has 0 spiro atoms. The Morgan fingerprint density at radius 1 is 1.50 bits per heavy atom. The van der Waals surface area contributed by atoms with Crippen LogP contribution in [0.5, 0.6) is 0 Å². The molecule has 1 saturated carbocycles. The summed E-state index contributed by atoms with van der Waals surface area (Å²) in [6.45, 7) is 2.75. The Kier molecular flexibility index (Phi) is 5.45. The lowest BCUT2D eigenvalue weighted by Gasteiger charge is -2.29. The highest BCUT2D eigenvalue weighted by Gasteiger charge is 2.20. The molecule has 3 nitrogen and oxygen atoms in total. The molecule has 0 amide bonds. The van der Waals surface area contributed by atoms with Crippen LogP contribution in [0.1, 0.15) is 39.0 Å². The molecule has 84 valence electrons.